The Kier molecular flexibility index (Phi) is 40.8. The Hall–Kier alpha value is -4.36. The van der Waals surface area contributed by atoms with E-state index in [0.29, 0.717) is 56.8 Å². The van der Waals surface area contributed by atoms with Gasteiger partial charge in [0.1, 0.15) is 0 Å². The predicted molar refractivity (Wildman–Crippen MR) is 286 cm³/mol. The molecule has 0 spiro atoms. The van der Waals surface area contributed by atoms with E-state index in [-0.39, 0.29) is 60.2 Å². The Morgan fingerprint density at radius 1 is 0.915 bits per heavy atom. The molecule has 5 unspecified atom stereocenters. The average Bonchev–Trinajstić information content (AvgIpc) is 4.05. The van der Waals surface area contributed by atoms with E-state index in [1.165, 1.54) is 52.1 Å². The fourth-order valence-electron chi connectivity index (χ4n) is 8.12. The third-order valence-corrected chi connectivity index (χ3v) is 12.9. The molecule has 71 heavy (non-hydrogen) atoms. The lowest BCUT2D eigenvalue weighted by Crippen LogP contribution is -2.44. The maximum atomic E-state index is 11.8. The predicted octanol–water partition coefficient (Wildman–Crippen LogP) is 4.11. The highest BCUT2D eigenvalue weighted by Crippen LogP contribution is 2.43. The van der Waals surface area contributed by atoms with Crippen LogP contribution in [0.2, 0.25) is 0 Å². The fraction of sp³-hybridized carbons (Fsp3) is 0.846. The molecule has 414 valence electrons. The number of carbonyl (C=O) groups excluding carboxylic acids is 7. The molecule has 0 aromatic carbocycles. The molecule has 5 saturated heterocycles. The summed E-state index contributed by atoms with van der Waals surface area (Å²) in [5.74, 6) is 1.70. The van der Waals surface area contributed by atoms with Crippen LogP contribution >= 0.6 is 0 Å². The lowest BCUT2D eigenvalue weighted by molar-refractivity contribution is -0.132. The molecular weight excluding hydrogens is 907 g/mol. The minimum atomic E-state index is -0.435. The van der Waals surface area contributed by atoms with Gasteiger partial charge >= 0.3 is 0 Å². The van der Waals surface area contributed by atoms with E-state index < -0.39 is 5.92 Å². The molecule has 1 saturated carbocycles. The third-order valence-electron chi connectivity index (χ3n) is 12.9. The first-order valence-electron chi connectivity index (χ1n) is 26.7. The summed E-state index contributed by atoms with van der Waals surface area (Å²) < 4.78 is 5.59. The van der Waals surface area contributed by atoms with Crippen molar-refractivity contribution in [1.82, 2.24) is 41.3 Å². The van der Waals surface area contributed by atoms with Crippen LogP contribution in [0.15, 0.2) is 4.99 Å². The van der Waals surface area contributed by atoms with Gasteiger partial charge < -0.3 is 57.5 Å². The van der Waals surface area contributed by atoms with Crippen molar-refractivity contribution in [2.75, 3.05) is 81.1 Å². The van der Waals surface area contributed by atoms with Crippen molar-refractivity contribution < 1.29 is 38.3 Å². The SMILES string of the molecule is CCC(=O)N(C)C.CCC(=O)NCC(=O)CC(CCCN=C(N)N)C(=O)NC.CCC1CCC(=O)N1.CCC1CCCN1.CCC1OCC2CC1C2.CCCN(C)C(C)=O.CCNC1CCN(C)C(=O)C1. The summed E-state index contributed by atoms with van der Waals surface area (Å²) in [5.41, 5.74) is 10.4. The monoisotopic (exact) mass is 1010 g/mol. The Morgan fingerprint density at radius 2 is 1.58 bits per heavy atom. The van der Waals surface area contributed by atoms with Gasteiger partial charge in [0.2, 0.25) is 35.4 Å². The van der Waals surface area contributed by atoms with Crippen LogP contribution in [0.4, 0.5) is 0 Å². The lowest BCUT2D eigenvalue weighted by atomic mass is 9.70. The number of likely N-dealkylation sites (tertiary alicyclic amines) is 1. The number of nitrogens with two attached hydrogens (primary N) is 2. The molecule has 5 aliphatic heterocycles. The molecule has 6 aliphatic rings. The topological polar surface area (TPSA) is 263 Å². The summed E-state index contributed by atoms with van der Waals surface area (Å²) in [4.78, 5) is 86.1. The summed E-state index contributed by atoms with van der Waals surface area (Å²) >= 11 is 0. The molecule has 0 aromatic heterocycles. The van der Waals surface area contributed by atoms with Gasteiger partial charge in [-0.15, -0.1) is 0 Å². The number of amides is 6. The number of guanidine groups is 1. The second kappa shape index (κ2) is 42.2. The zero-order chi connectivity index (χ0) is 54.3. The molecule has 1 aliphatic carbocycles. The van der Waals surface area contributed by atoms with Crippen molar-refractivity contribution >= 4 is 47.2 Å². The molecule has 0 aromatic rings. The molecule has 5 heterocycles. The van der Waals surface area contributed by atoms with Gasteiger partial charge in [-0.05, 0) is 102 Å². The molecular formula is C52H103N11O8. The Bertz CT molecular complexity index is 1510. The van der Waals surface area contributed by atoms with Crippen LogP contribution in [0, 0.1) is 17.8 Å². The van der Waals surface area contributed by atoms with Crippen LogP contribution in [0.5, 0.6) is 0 Å². The molecule has 6 amide bonds. The molecule has 19 heteroatoms. The summed E-state index contributed by atoms with van der Waals surface area (Å²) in [5, 5.41) is 14.6. The van der Waals surface area contributed by atoms with Crippen LogP contribution in [-0.4, -0.2) is 167 Å². The number of Topliss-reactive ketones (excluding diaryl/α,β-unsaturated/α-hetero) is 1. The molecule has 9 N–H and O–H groups in total. The van der Waals surface area contributed by atoms with Gasteiger partial charge in [0.25, 0.3) is 0 Å². The Balaban J connectivity index is 0. The second-order valence-electron chi connectivity index (χ2n) is 19.1. The fourth-order valence-corrected chi connectivity index (χ4v) is 8.12. The van der Waals surface area contributed by atoms with Crippen molar-refractivity contribution in [3.8, 4) is 0 Å². The van der Waals surface area contributed by atoms with Crippen molar-refractivity contribution in [1.29, 1.82) is 0 Å². The van der Waals surface area contributed by atoms with Gasteiger partial charge in [0.05, 0.1) is 12.6 Å². The highest BCUT2D eigenvalue weighted by molar-refractivity contribution is 5.90. The molecule has 19 nitrogen and oxygen atoms in total. The van der Waals surface area contributed by atoms with E-state index in [2.05, 4.69) is 66.2 Å². The molecule has 2 bridgehead atoms. The van der Waals surface area contributed by atoms with Gasteiger partial charge in [0.15, 0.2) is 11.7 Å². The van der Waals surface area contributed by atoms with Gasteiger partial charge in [-0.25, -0.2) is 0 Å². The van der Waals surface area contributed by atoms with Crippen molar-refractivity contribution in [3.05, 3.63) is 0 Å². The Morgan fingerprint density at radius 3 is 1.93 bits per heavy atom. The van der Waals surface area contributed by atoms with Crippen LogP contribution in [0.25, 0.3) is 0 Å². The summed E-state index contributed by atoms with van der Waals surface area (Å²) in [6.45, 7) is 21.2. The molecule has 5 atom stereocenters. The largest absolute Gasteiger partial charge is 0.378 e. The number of carbonyl (C=O) groups is 7. The minimum absolute atomic E-state index is 0.00449. The number of rotatable bonds is 18. The molecule has 6 rings (SSSR count). The average molecular weight is 1010 g/mol. The number of fused-ring (bicyclic) bond motifs is 2. The minimum Gasteiger partial charge on any atom is -0.378 e. The lowest BCUT2D eigenvalue weighted by Gasteiger charge is -2.46. The first-order chi connectivity index (χ1) is 33.7. The number of nitrogens with one attached hydrogen (secondary N) is 5. The van der Waals surface area contributed by atoms with Gasteiger partial charge in [-0.2, -0.15) is 0 Å². The normalized spacial score (nSPS) is 21.6. The van der Waals surface area contributed by atoms with E-state index in [9.17, 15) is 33.6 Å². The highest BCUT2D eigenvalue weighted by Gasteiger charge is 2.39. The number of hydrogen-bond donors (Lipinski definition) is 7. The summed E-state index contributed by atoms with van der Waals surface area (Å²) in [6.07, 6.45) is 16.6. The zero-order valence-electron chi connectivity index (χ0n) is 46.7. The Labute approximate surface area is 429 Å². The quantitative estimate of drug-likeness (QED) is 0.0582. The number of ether oxygens (including phenoxy) is 1. The van der Waals surface area contributed by atoms with Crippen LogP contribution < -0.4 is 38.1 Å². The maximum absolute atomic E-state index is 11.8. The third kappa shape index (κ3) is 34.6. The van der Waals surface area contributed by atoms with Gasteiger partial charge in [0, 0.05) is 125 Å². The van der Waals surface area contributed by atoms with Gasteiger partial charge in [-0.3, -0.25) is 38.6 Å². The first-order valence-corrected chi connectivity index (χ1v) is 26.7. The number of hydrogen-bond acceptors (Lipinski definition) is 11. The van der Waals surface area contributed by atoms with E-state index in [1.807, 2.05) is 21.0 Å². The summed E-state index contributed by atoms with van der Waals surface area (Å²) in [7, 11) is 8.71. The van der Waals surface area contributed by atoms with Crippen LogP contribution in [0.3, 0.4) is 0 Å². The number of ketones is 1. The van der Waals surface area contributed by atoms with Crippen molar-refractivity contribution in [2.45, 2.75) is 189 Å². The number of nitrogens with zero attached hydrogens (tertiary/aromatic N) is 4. The van der Waals surface area contributed by atoms with Crippen LogP contribution in [-0.2, 0) is 38.3 Å². The molecule has 6 fully saturated rings. The highest BCUT2D eigenvalue weighted by atomic mass is 16.5. The van der Waals surface area contributed by atoms with E-state index in [4.69, 9.17) is 16.2 Å². The van der Waals surface area contributed by atoms with E-state index >= 15 is 0 Å². The van der Waals surface area contributed by atoms with Gasteiger partial charge in [-0.1, -0.05) is 48.5 Å². The summed E-state index contributed by atoms with van der Waals surface area (Å²) in [6, 6.07) is 1.74. The zero-order valence-corrected chi connectivity index (χ0v) is 46.7. The maximum Gasteiger partial charge on any atom is 0.223 e. The number of aliphatic imine (C=N–C) groups is 1. The molecule has 0 radical (unpaired) electrons. The second-order valence-corrected chi connectivity index (χ2v) is 19.1. The standard InChI is InChI=1S/C13H25N5O3.C8H16N2O.C8H14O.C6H11NO.C6H13NO.C6H13N.C5H11NO/c1-3-11(20)18-8-10(19)7-9(12(21)16-2)5-4-6-17-13(14)15;1-3-9-7-4-5-10(2)8(11)6-7;1-2-8-7-3-6(4-7)5-9-8;1-2-5-3-4-6(8)7-5;1-4-5-7(3)6(2)8;1-2-6-4-3-5-7-6;1-4-5(7)6(2)3/h9H,3-8H2,1-2H3,(H,16,21)(H,18,20)(H4,14,15,17);7,9H,3-6H2,1-2H3;6-8H,2-5H2,1H3;5H,2-4H2,1H3,(H,7,8);4-5H2,1-3H3;6-7H,2-5H2,1H3;4H2,1-3H3. The smallest absolute Gasteiger partial charge is 0.223 e. The van der Waals surface area contributed by atoms with E-state index in [1.54, 1.807) is 42.6 Å². The van der Waals surface area contributed by atoms with Crippen molar-refractivity contribution in [3.63, 3.8) is 0 Å². The first kappa shape index (κ1) is 68.7. The van der Waals surface area contributed by atoms with E-state index in [0.717, 1.165) is 76.2 Å². The van der Waals surface area contributed by atoms with Crippen molar-refractivity contribution in [2.24, 2.45) is 34.2 Å². The van der Waals surface area contributed by atoms with Crippen LogP contribution in [0.1, 0.15) is 165 Å². The number of piperidine rings is 1.